The predicted octanol–water partition coefficient (Wildman–Crippen LogP) is 1.08. The van der Waals surface area contributed by atoms with Gasteiger partial charge in [0.1, 0.15) is 0 Å². The van der Waals surface area contributed by atoms with Gasteiger partial charge in [-0.05, 0) is 25.7 Å². The van der Waals surface area contributed by atoms with E-state index in [0.29, 0.717) is 6.10 Å². The molecule has 0 bridgehead atoms. The first-order valence-electron chi connectivity index (χ1n) is 3.72. The maximum absolute atomic E-state index is 5.93. The van der Waals surface area contributed by atoms with Gasteiger partial charge in [0.25, 0.3) is 0 Å². The molecule has 2 rings (SSSR count). The minimum absolute atomic E-state index is 0. The Morgan fingerprint density at radius 2 is 2.10 bits per heavy atom. The van der Waals surface area contributed by atoms with Crippen LogP contribution in [0.2, 0.25) is 0 Å². The highest BCUT2D eigenvalue weighted by Gasteiger charge is 2.47. The lowest BCUT2D eigenvalue weighted by atomic mass is 10.1. The second-order valence-corrected chi connectivity index (χ2v) is 3.23. The summed E-state index contributed by atoms with van der Waals surface area (Å²) in [5.41, 5.74) is 6.03. The smallest absolute Gasteiger partial charge is 0.0755 e. The van der Waals surface area contributed by atoms with E-state index in [2.05, 4.69) is 0 Å². The van der Waals surface area contributed by atoms with E-state index in [9.17, 15) is 0 Å². The Labute approximate surface area is 67.5 Å². The van der Waals surface area contributed by atoms with Gasteiger partial charge < -0.3 is 10.5 Å². The van der Waals surface area contributed by atoms with Crippen LogP contribution in [0.1, 0.15) is 25.7 Å². The van der Waals surface area contributed by atoms with Crippen LogP contribution >= 0.6 is 12.4 Å². The molecule has 3 heteroatoms. The molecule has 60 valence electrons. The van der Waals surface area contributed by atoms with Crippen LogP contribution in [0.5, 0.6) is 0 Å². The van der Waals surface area contributed by atoms with Crippen molar-refractivity contribution in [2.24, 2.45) is 5.73 Å². The van der Waals surface area contributed by atoms with Gasteiger partial charge in [-0.1, -0.05) is 0 Å². The Morgan fingerprint density at radius 3 is 2.50 bits per heavy atom. The maximum Gasteiger partial charge on any atom is 0.0755 e. The largest absolute Gasteiger partial charge is 0.376 e. The normalized spacial score (nSPS) is 35.1. The molecular weight excluding hydrogens is 150 g/mol. The first kappa shape index (κ1) is 8.31. The number of halogens is 1. The molecule has 1 unspecified atom stereocenters. The molecule has 0 spiro atoms. The third kappa shape index (κ3) is 1.29. The summed E-state index contributed by atoms with van der Waals surface area (Å²) in [5.74, 6) is 0. The summed E-state index contributed by atoms with van der Waals surface area (Å²) in [4.78, 5) is 0. The molecule has 0 aromatic rings. The SMILES string of the molecule is Cl.NC1(C2CCCO2)CC1. The zero-order valence-corrected chi connectivity index (χ0v) is 6.82. The van der Waals surface area contributed by atoms with E-state index in [1.807, 2.05) is 0 Å². The molecule has 1 aliphatic heterocycles. The lowest BCUT2D eigenvalue weighted by Gasteiger charge is -2.15. The second-order valence-electron chi connectivity index (χ2n) is 3.23. The van der Waals surface area contributed by atoms with E-state index < -0.39 is 0 Å². The average molecular weight is 164 g/mol. The molecule has 1 atom stereocenters. The lowest BCUT2D eigenvalue weighted by molar-refractivity contribution is 0.0825. The zero-order valence-electron chi connectivity index (χ0n) is 6.01. The fraction of sp³-hybridized carbons (Fsp3) is 1.00. The van der Waals surface area contributed by atoms with E-state index in [1.165, 1.54) is 25.7 Å². The fourth-order valence-corrected chi connectivity index (χ4v) is 1.50. The summed E-state index contributed by atoms with van der Waals surface area (Å²) >= 11 is 0. The minimum Gasteiger partial charge on any atom is -0.376 e. The van der Waals surface area contributed by atoms with Crippen molar-refractivity contribution >= 4 is 12.4 Å². The van der Waals surface area contributed by atoms with Crippen molar-refractivity contribution in [3.63, 3.8) is 0 Å². The van der Waals surface area contributed by atoms with Gasteiger partial charge in [-0.25, -0.2) is 0 Å². The van der Waals surface area contributed by atoms with E-state index in [4.69, 9.17) is 10.5 Å². The Balaban J connectivity index is 0.000000500. The van der Waals surface area contributed by atoms with Gasteiger partial charge in [0.2, 0.25) is 0 Å². The summed E-state index contributed by atoms with van der Waals surface area (Å²) in [7, 11) is 0. The Morgan fingerprint density at radius 1 is 1.40 bits per heavy atom. The van der Waals surface area contributed by atoms with Crippen LogP contribution in [0.4, 0.5) is 0 Å². The summed E-state index contributed by atoms with van der Waals surface area (Å²) < 4.78 is 5.45. The average Bonchev–Trinajstić information content (AvgIpc) is 2.46. The molecule has 0 aromatic carbocycles. The molecule has 1 aliphatic carbocycles. The van der Waals surface area contributed by atoms with Crippen LogP contribution in [0.3, 0.4) is 0 Å². The van der Waals surface area contributed by atoms with Gasteiger partial charge in [0.05, 0.1) is 6.10 Å². The van der Waals surface area contributed by atoms with Gasteiger partial charge in [-0.2, -0.15) is 0 Å². The Hall–Kier alpha value is 0.210. The molecule has 0 radical (unpaired) electrons. The number of nitrogens with two attached hydrogens (primary N) is 1. The van der Waals surface area contributed by atoms with Gasteiger partial charge in [-0.15, -0.1) is 12.4 Å². The Bertz CT molecular complexity index is 119. The molecule has 10 heavy (non-hydrogen) atoms. The van der Waals surface area contributed by atoms with E-state index in [-0.39, 0.29) is 17.9 Å². The van der Waals surface area contributed by atoms with Crippen LogP contribution in [-0.4, -0.2) is 18.2 Å². The first-order valence-corrected chi connectivity index (χ1v) is 3.72. The van der Waals surface area contributed by atoms with Crippen molar-refractivity contribution in [3.8, 4) is 0 Å². The molecule has 2 aliphatic rings. The van der Waals surface area contributed by atoms with Crippen LogP contribution in [-0.2, 0) is 4.74 Å². The van der Waals surface area contributed by atoms with Gasteiger partial charge in [-0.3, -0.25) is 0 Å². The highest BCUT2D eigenvalue weighted by molar-refractivity contribution is 5.85. The summed E-state index contributed by atoms with van der Waals surface area (Å²) in [6.45, 7) is 0.934. The molecule has 1 heterocycles. The van der Waals surface area contributed by atoms with Crippen molar-refractivity contribution in [1.82, 2.24) is 0 Å². The van der Waals surface area contributed by atoms with Gasteiger partial charge in [0, 0.05) is 12.1 Å². The van der Waals surface area contributed by atoms with E-state index >= 15 is 0 Å². The molecule has 1 saturated heterocycles. The number of ether oxygens (including phenoxy) is 1. The highest BCUT2D eigenvalue weighted by Crippen LogP contribution is 2.40. The molecule has 2 nitrogen and oxygen atoms in total. The second kappa shape index (κ2) is 2.68. The molecule has 0 amide bonds. The van der Waals surface area contributed by atoms with Crippen molar-refractivity contribution in [3.05, 3.63) is 0 Å². The number of hydrogen-bond donors (Lipinski definition) is 1. The third-order valence-corrected chi connectivity index (χ3v) is 2.40. The molecule has 1 saturated carbocycles. The van der Waals surface area contributed by atoms with Gasteiger partial charge in [0.15, 0.2) is 0 Å². The van der Waals surface area contributed by atoms with Crippen molar-refractivity contribution < 1.29 is 4.74 Å². The summed E-state index contributed by atoms with van der Waals surface area (Å²) in [5, 5.41) is 0. The highest BCUT2D eigenvalue weighted by atomic mass is 35.5. The topological polar surface area (TPSA) is 35.2 Å². The number of hydrogen-bond acceptors (Lipinski definition) is 2. The third-order valence-electron chi connectivity index (χ3n) is 2.40. The lowest BCUT2D eigenvalue weighted by Crippen LogP contribution is -2.36. The molecule has 2 fully saturated rings. The standard InChI is InChI=1S/C7H13NO.ClH/c8-7(3-4-7)6-2-1-5-9-6;/h6H,1-5,8H2;1H. The first-order chi connectivity index (χ1) is 4.31. The summed E-state index contributed by atoms with van der Waals surface area (Å²) in [6, 6.07) is 0. The Kier molecular flexibility index (Phi) is 2.23. The van der Waals surface area contributed by atoms with E-state index in [1.54, 1.807) is 0 Å². The van der Waals surface area contributed by atoms with Crippen LogP contribution in [0, 0.1) is 0 Å². The van der Waals surface area contributed by atoms with Crippen molar-refractivity contribution in [2.45, 2.75) is 37.3 Å². The quantitative estimate of drug-likeness (QED) is 0.628. The van der Waals surface area contributed by atoms with Gasteiger partial charge >= 0.3 is 0 Å². The fourth-order valence-electron chi connectivity index (χ4n) is 1.50. The predicted molar refractivity (Wildman–Crippen MR) is 42.4 cm³/mol. The number of rotatable bonds is 1. The zero-order chi connectivity index (χ0) is 6.32. The van der Waals surface area contributed by atoms with Crippen LogP contribution in [0.25, 0.3) is 0 Å². The minimum atomic E-state index is 0. The van der Waals surface area contributed by atoms with Crippen molar-refractivity contribution in [1.29, 1.82) is 0 Å². The van der Waals surface area contributed by atoms with E-state index in [0.717, 1.165) is 6.61 Å². The summed E-state index contributed by atoms with van der Waals surface area (Å²) in [6.07, 6.45) is 5.16. The molecule has 2 N–H and O–H groups in total. The molecular formula is C7H14ClNO. The van der Waals surface area contributed by atoms with Crippen molar-refractivity contribution in [2.75, 3.05) is 6.61 Å². The van der Waals surface area contributed by atoms with Crippen LogP contribution < -0.4 is 5.73 Å². The molecule has 0 aromatic heterocycles. The van der Waals surface area contributed by atoms with Crippen LogP contribution in [0.15, 0.2) is 0 Å². The monoisotopic (exact) mass is 163 g/mol. The maximum atomic E-state index is 5.93.